The molecule has 0 spiro atoms. The quantitative estimate of drug-likeness (QED) is 0.0470. The molecule has 0 aliphatic carbocycles. The number of ketones is 2. The number of carbonyl (C=O) groups is 4. The number of rotatable bonds is 16. The first-order valence-corrected chi connectivity index (χ1v) is 31.2. The van der Waals surface area contributed by atoms with Crippen molar-refractivity contribution in [2.45, 2.75) is 143 Å². The van der Waals surface area contributed by atoms with Gasteiger partial charge in [-0.25, -0.2) is 19.6 Å². The Morgan fingerprint density at radius 3 is 1.51 bits per heavy atom. The zero-order chi connectivity index (χ0) is 64.3. The van der Waals surface area contributed by atoms with Crippen LogP contribution < -0.4 is 36.5 Å². The van der Waals surface area contributed by atoms with Crippen molar-refractivity contribution in [2.75, 3.05) is 110 Å². The smallest absolute Gasteiger partial charge is 0.399 e. The highest BCUT2D eigenvalue weighted by molar-refractivity contribution is 14.1. The summed E-state index contributed by atoms with van der Waals surface area (Å²) in [6, 6.07) is 17.5. The number of Topliss-reactive ketones (excluding diaryl/α,β-unsaturated/α-hetero) is 2. The number of aryl methyl sites for hydroxylation is 2. The topological polar surface area (TPSA) is 192 Å². The molecule has 4 N–H and O–H groups in total. The van der Waals surface area contributed by atoms with Gasteiger partial charge in [0.15, 0.2) is 11.6 Å². The highest BCUT2D eigenvalue weighted by Gasteiger charge is 2.52. The number of pyridine rings is 2. The molecular formula is C62H86BF6IN10O8S. The predicted octanol–water partition coefficient (Wildman–Crippen LogP) is 12.0. The summed E-state index contributed by atoms with van der Waals surface area (Å²) in [6.07, 6.45) is -8.52. The van der Waals surface area contributed by atoms with Crippen LogP contribution in [0.5, 0.6) is 0 Å². The lowest BCUT2D eigenvalue weighted by molar-refractivity contribution is -0.144. The Morgan fingerprint density at radius 2 is 1.06 bits per heavy atom. The number of aromatic nitrogens is 2. The molecule has 27 heteroatoms. The van der Waals surface area contributed by atoms with Gasteiger partial charge in [-0.3, -0.25) is 9.59 Å². The van der Waals surface area contributed by atoms with Crippen LogP contribution in [0.2, 0.25) is 0 Å². The van der Waals surface area contributed by atoms with Crippen molar-refractivity contribution in [1.29, 1.82) is 0 Å². The maximum absolute atomic E-state index is 12.9. The van der Waals surface area contributed by atoms with E-state index in [1.54, 1.807) is 18.2 Å². The van der Waals surface area contributed by atoms with Crippen LogP contribution in [-0.4, -0.2) is 165 Å². The number of nitrogens with one attached hydrogen (secondary N) is 4. The molecule has 0 radical (unpaired) electrons. The van der Waals surface area contributed by atoms with E-state index in [1.807, 2.05) is 106 Å². The SMILES string of the molecule is CCC(=O)[C@H](C)Nc1cc(-c2cc(NC(=O)N3CC[C@@H](CC(F)(F)F)C3)ccc2C)cc(N2CCOCC2)n1.CCC(=O)[C@H](C)Nc1cc(I)cc(N2CCOCC2)n1.Cc1ccc(NC(=O)N2CC[C@@H](CC(F)(F)F)C2)cc1B1OC(C)(C)C(C)(C)O1.S. The first-order chi connectivity index (χ1) is 41.4. The summed E-state index contributed by atoms with van der Waals surface area (Å²) >= 11 is 2.28. The number of urea groups is 2. The van der Waals surface area contributed by atoms with Gasteiger partial charge in [-0.1, -0.05) is 31.5 Å². The number of hydrogen-bond acceptors (Lipinski definition) is 14. The molecule has 490 valence electrons. The average molecular weight is 1380 g/mol. The third-order valence-corrected chi connectivity index (χ3v) is 17.3. The van der Waals surface area contributed by atoms with Gasteiger partial charge in [-0.2, -0.15) is 39.8 Å². The number of alkyl halides is 6. The van der Waals surface area contributed by atoms with Gasteiger partial charge < -0.3 is 59.6 Å². The van der Waals surface area contributed by atoms with Crippen LogP contribution >= 0.6 is 36.1 Å². The number of carbonyl (C=O) groups excluding carboxylic acids is 4. The second-order valence-electron chi connectivity index (χ2n) is 24.1. The summed E-state index contributed by atoms with van der Waals surface area (Å²) in [5, 5.41) is 12.1. The Morgan fingerprint density at radius 1 is 0.629 bits per heavy atom. The third kappa shape index (κ3) is 21.0. The molecular weight excluding hydrogens is 1300 g/mol. The van der Waals surface area contributed by atoms with E-state index in [1.165, 1.54) is 9.80 Å². The van der Waals surface area contributed by atoms with Crippen LogP contribution in [0.4, 0.5) is 70.6 Å². The summed E-state index contributed by atoms with van der Waals surface area (Å²) in [6.45, 7) is 25.8. The van der Waals surface area contributed by atoms with Crippen molar-refractivity contribution < 1.29 is 64.3 Å². The van der Waals surface area contributed by atoms with Crippen molar-refractivity contribution in [1.82, 2.24) is 19.8 Å². The number of amides is 4. The molecule has 5 aliphatic heterocycles. The number of morpholine rings is 2. The number of anilines is 6. The van der Waals surface area contributed by atoms with Gasteiger partial charge in [-0.15, -0.1) is 0 Å². The molecule has 5 fully saturated rings. The molecule has 7 heterocycles. The highest BCUT2D eigenvalue weighted by Crippen LogP contribution is 2.38. The molecule has 4 aromatic rings. The number of benzene rings is 2. The Kier molecular flexibility index (Phi) is 25.7. The Balaban J connectivity index is 0.000000223. The van der Waals surface area contributed by atoms with Gasteiger partial charge in [0.1, 0.15) is 23.3 Å². The van der Waals surface area contributed by atoms with Crippen molar-refractivity contribution in [3.05, 3.63) is 75.4 Å². The summed E-state index contributed by atoms with van der Waals surface area (Å²) in [5.74, 6) is 2.19. The van der Waals surface area contributed by atoms with E-state index in [0.29, 0.717) is 82.3 Å². The van der Waals surface area contributed by atoms with Gasteiger partial charge in [-0.05, 0) is 173 Å². The second-order valence-corrected chi connectivity index (χ2v) is 25.3. The zero-order valence-corrected chi connectivity index (χ0v) is 55.6. The summed E-state index contributed by atoms with van der Waals surface area (Å²) in [4.78, 5) is 65.9. The minimum absolute atomic E-state index is 0. The normalized spacial score (nSPS) is 19.6. The van der Waals surface area contributed by atoms with E-state index in [0.717, 1.165) is 75.0 Å². The standard InChI is InChI=1S/C28H36F3N5O3.C20H28BF3N2O3.C14H20IN3O2.H2S/c1-4-24(37)19(3)32-25-13-21(14-26(34-25)35-9-11-39-12-10-35)23-15-22(6-5-18(23)2)33-27(38)36-8-7-20(17-36)16-28(29,30)31;1-13-6-7-15(10-16(13)21-28-18(2,3)19(4,5)29-21)25-17(27)26-9-8-14(12-26)11-20(22,23)24;1-3-12(19)10(2)16-13-8-11(15)9-14(17-13)18-4-6-20-7-5-18;/h5-6,13-15,19-20H,4,7-12,16-17H2,1-3H3,(H,32,34)(H,33,38);6-7,10,14H,8-9,11-12H2,1-5H3,(H,25,27);8-10H,3-7H2,1-2H3,(H,16,17);1H2/t19-,20-;14-;10-;/m000./s1. The van der Waals surface area contributed by atoms with Crippen LogP contribution in [0.25, 0.3) is 11.1 Å². The van der Waals surface area contributed by atoms with Crippen LogP contribution in [0.3, 0.4) is 0 Å². The van der Waals surface area contributed by atoms with Gasteiger partial charge in [0.25, 0.3) is 0 Å². The molecule has 2 aromatic heterocycles. The first-order valence-electron chi connectivity index (χ1n) is 30.2. The fourth-order valence-electron chi connectivity index (χ4n) is 10.8. The van der Waals surface area contributed by atoms with E-state index >= 15 is 0 Å². The molecule has 0 unspecified atom stereocenters. The van der Waals surface area contributed by atoms with E-state index in [9.17, 15) is 45.5 Å². The molecule has 0 saturated carbocycles. The third-order valence-electron chi connectivity index (χ3n) is 16.7. The number of halogens is 7. The predicted molar refractivity (Wildman–Crippen MR) is 350 cm³/mol. The summed E-state index contributed by atoms with van der Waals surface area (Å²) in [5.41, 5.74) is 4.65. The van der Waals surface area contributed by atoms with E-state index in [4.69, 9.17) is 23.8 Å². The average Bonchev–Trinajstić information content (AvgIpc) is 3.99. The molecule has 5 saturated heterocycles. The summed E-state index contributed by atoms with van der Waals surface area (Å²) in [7, 11) is -0.556. The van der Waals surface area contributed by atoms with Crippen LogP contribution in [0.15, 0.2) is 60.7 Å². The first kappa shape index (κ1) is 72.4. The highest BCUT2D eigenvalue weighted by atomic mass is 127. The largest absolute Gasteiger partial charge is 0.495 e. The van der Waals surface area contributed by atoms with Crippen molar-refractivity contribution in [3.8, 4) is 11.1 Å². The fourth-order valence-corrected chi connectivity index (χ4v) is 11.4. The van der Waals surface area contributed by atoms with Crippen LogP contribution in [0, 0.1) is 29.3 Å². The second kappa shape index (κ2) is 31.6. The molecule has 4 amide bonds. The minimum Gasteiger partial charge on any atom is -0.399 e. The molecule has 5 aliphatic rings. The zero-order valence-electron chi connectivity index (χ0n) is 52.5. The fraction of sp³-hybridized carbons (Fsp3) is 0.581. The van der Waals surface area contributed by atoms with Crippen molar-refractivity contribution in [3.63, 3.8) is 0 Å². The van der Waals surface area contributed by atoms with Crippen molar-refractivity contribution >= 4 is 107 Å². The Hall–Kier alpha value is -5.62. The molecule has 9 rings (SSSR count). The van der Waals surface area contributed by atoms with Gasteiger partial charge >= 0.3 is 31.5 Å². The maximum atomic E-state index is 12.9. The van der Waals surface area contributed by atoms with Crippen LogP contribution in [-0.2, 0) is 28.4 Å². The van der Waals surface area contributed by atoms with Gasteiger partial charge in [0.2, 0.25) is 0 Å². The summed E-state index contributed by atoms with van der Waals surface area (Å²) < 4.78 is 100. The number of hydrogen-bond donors (Lipinski definition) is 4. The number of likely N-dealkylation sites (tertiary alicyclic amines) is 2. The van der Waals surface area contributed by atoms with E-state index in [-0.39, 0.29) is 44.2 Å². The Labute approximate surface area is 539 Å². The lowest BCUT2D eigenvalue weighted by atomic mass is 9.76. The maximum Gasteiger partial charge on any atom is 0.495 e. The molecule has 0 bridgehead atoms. The molecule has 18 nitrogen and oxygen atoms in total. The van der Waals surface area contributed by atoms with Gasteiger partial charge in [0.05, 0.1) is 49.7 Å². The monoisotopic (exact) mass is 1380 g/mol. The molecule has 89 heavy (non-hydrogen) atoms. The van der Waals surface area contributed by atoms with Crippen molar-refractivity contribution in [2.24, 2.45) is 11.8 Å². The Bertz CT molecular complexity index is 3050. The lowest BCUT2D eigenvalue weighted by Crippen LogP contribution is -2.41. The number of nitrogens with zero attached hydrogens (tertiary/aromatic N) is 6. The van der Waals surface area contributed by atoms with E-state index < -0.39 is 73.5 Å². The van der Waals surface area contributed by atoms with E-state index in [2.05, 4.69) is 64.7 Å². The lowest BCUT2D eigenvalue weighted by Gasteiger charge is -2.32. The molecule has 2 aromatic carbocycles. The van der Waals surface area contributed by atoms with Crippen LogP contribution in [0.1, 0.15) is 105 Å². The minimum atomic E-state index is -4.23. The number of ether oxygens (including phenoxy) is 2. The molecule has 4 atom stereocenters. The van der Waals surface area contributed by atoms with Gasteiger partial charge in [0, 0.05) is 93.0 Å².